The molecule has 206 valence electrons. The fourth-order valence-electron chi connectivity index (χ4n) is 4.54. The Bertz CT molecular complexity index is 1140. The molecule has 0 saturated carbocycles. The molecule has 0 aliphatic carbocycles. The van der Waals surface area contributed by atoms with Crippen molar-refractivity contribution in [1.29, 1.82) is 0 Å². The van der Waals surface area contributed by atoms with Crippen molar-refractivity contribution >= 4 is 23.6 Å². The molecule has 8 nitrogen and oxygen atoms in total. The van der Waals surface area contributed by atoms with Crippen molar-refractivity contribution in [3.63, 3.8) is 0 Å². The first-order chi connectivity index (χ1) is 17.9. The summed E-state index contributed by atoms with van der Waals surface area (Å²) in [6.07, 6.45) is -5.53. The number of methoxy groups -OCH3 is 1. The number of benzene rings is 2. The van der Waals surface area contributed by atoms with Gasteiger partial charge in [-0.3, -0.25) is 14.5 Å². The van der Waals surface area contributed by atoms with Gasteiger partial charge in [-0.15, -0.1) is 0 Å². The maximum Gasteiger partial charge on any atom is 0.471 e. The third-order valence-corrected chi connectivity index (χ3v) is 6.57. The predicted molar refractivity (Wildman–Crippen MR) is 136 cm³/mol. The number of rotatable bonds is 8. The average Bonchev–Trinajstić information content (AvgIpc) is 2.88. The van der Waals surface area contributed by atoms with Gasteiger partial charge < -0.3 is 19.4 Å². The smallest absolute Gasteiger partial charge is 0.453 e. The van der Waals surface area contributed by atoms with Crippen LogP contribution in [0.3, 0.4) is 0 Å². The standard InChI is InChI=1S/C27H33F3N4O4/c1-19-21-11-8-12-23(22(21)13-14-33(19)26(37)38-4)34(25(36)27(28,29)30)18-24(35)32(16-15-31(2)3)17-20-9-6-5-7-10-20/h5-12,19H,13-18H2,1-4H3. The van der Waals surface area contributed by atoms with E-state index in [1.807, 2.05) is 49.3 Å². The van der Waals surface area contributed by atoms with Gasteiger partial charge >= 0.3 is 18.2 Å². The van der Waals surface area contributed by atoms with Crippen LogP contribution in [-0.2, 0) is 27.3 Å². The van der Waals surface area contributed by atoms with Crippen molar-refractivity contribution in [3.8, 4) is 0 Å². The normalized spacial score (nSPS) is 15.2. The molecule has 0 saturated heterocycles. The molecule has 1 aliphatic heterocycles. The van der Waals surface area contributed by atoms with E-state index in [1.54, 1.807) is 13.0 Å². The Balaban J connectivity index is 1.97. The van der Waals surface area contributed by atoms with E-state index in [0.717, 1.165) is 5.56 Å². The van der Waals surface area contributed by atoms with Crippen LogP contribution < -0.4 is 4.90 Å². The average molecular weight is 535 g/mol. The maximum absolute atomic E-state index is 13.8. The summed E-state index contributed by atoms with van der Waals surface area (Å²) in [6, 6.07) is 13.3. The number of carbonyl (C=O) groups excluding carboxylic acids is 3. The van der Waals surface area contributed by atoms with Gasteiger partial charge in [0.25, 0.3) is 0 Å². The number of nitrogens with zero attached hydrogens (tertiary/aromatic N) is 4. The van der Waals surface area contributed by atoms with E-state index in [4.69, 9.17) is 4.74 Å². The van der Waals surface area contributed by atoms with Gasteiger partial charge in [-0.25, -0.2) is 4.79 Å². The first-order valence-electron chi connectivity index (χ1n) is 12.3. The van der Waals surface area contributed by atoms with Gasteiger partial charge in [0.05, 0.1) is 13.2 Å². The number of hydrogen-bond donors (Lipinski definition) is 0. The highest BCUT2D eigenvalue weighted by Gasteiger charge is 2.45. The molecule has 0 fully saturated rings. The Labute approximate surface area is 220 Å². The quantitative estimate of drug-likeness (QED) is 0.515. The van der Waals surface area contributed by atoms with Gasteiger partial charge in [0.1, 0.15) is 6.54 Å². The van der Waals surface area contributed by atoms with Crippen molar-refractivity contribution in [2.45, 2.75) is 32.1 Å². The first kappa shape index (κ1) is 29.0. The third kappa shape index (κ3) is 6.83. The highest BCUT2D eigenvalue weighted by molar-refractivity contribution is 6.02. The Morgan fingerprint density at radius 2 is 1.71 bits per heavy atom. The second kappa shape index (κ2) is 12.3. The summed E-state index contributed by atoms with van der Waals surface area (Å²) in [7, 11) is 4.92. The molecule has 2 aromatic rings. The van der Waals surface area contributed by atoms with E-state index in [9.17, 15) is 27.6 Å². The van der Waals surface area contributed by atoms with Crippen molar-refractivity contribution < 1.29 is 32.3 Å². The van der Waals surface area contributed by atoms with Crippen LogP contribution in [0, 0.1) is 0 Å². The van der Waals surface area contributed by atoms with Gasteiger partial charge in [0.15, 0.2) is 0 Å². The molecule has 1 heterocycles. The number of amides is 3. The first-order valence-corrected chi connectivity index (χ1v) is 12.3. The minimum absolute atomic E-state index is 0.0156. The Morgan fingerprint density at radius 1 is 1.03 bits per heavy atom. The van der Waals surface area contributed by atoms with Crippen LogP contribution in [0.4, 0.5) is 23.7 Å². The van der Waals surface area contributed by atoms with Crippen molar-refractivity contribution in [1.82, 2.24) is 14.7 Å². The fraction of sp³-hybridized carbons (Fsp3) is 0.444. The number of likely N-dealkylation sites (N-methyl/N-ethyl adjacent to an activating group) is 1. The molecule has 3 amide bonds. The lowest BCUT2D eigenvalue weighted by molar-refractivity contribution is -0.170. The number of hydrogen-bond acceptors (Lipinski definition) is 5. The lowest BCUT2D eigenvalue weighted by atomic mass is 9.91. The van der Waals surface area contributed by atoms with Gasteiger partial charge in [-0.2, -0.15) is 13.2 Å². The molecule has 3 rings (SSSR count). The number of fused-ring (bicyclic) bond motifs is 1. The molecule has 1 unspecified atom stereocenters. The molecular formula is C27H33F3N4O4. The molecular weight excluding hydrogens is 501 g/mol. The highest BCUT2D eigenvalue weighted by Crippen LogP contribution is 2.37. The molecule has 1 aliphatic rings. The molecule has 0 spiro atoms. The molecule has 0 bridgehead atoms. The maximum atomic E-state index is 13.8. The SMILES string of the molecule is COC(=O)N1CCc2c(cccc2N(CC(=O)N(CCN(C)C)Cc2ccccc2)C(=O)C(F)(F)F)C1C. The third-order valence-electron chi connectivity index (χ3n) is 6.57. The Hall–Kier alpha value is -3.60. The van der Waals surface area contributed by atoms with Crippen molar-refractivity contribution in [3.05, 3.63) is 65.2 Å². The van der Waals surface area contributed by atoms with E-state index in [1.165, 1.54) is 29.0 Å². The summed E-state index contributed by atoms with van der Waals surface area (Å²) in [5, 5.41) is 0. The summed E-state index contributed by atoms with van der Waals surface area (Å²) >= 11 is 0. The number of carbonyl (C=O) groups is 3. The van der Waals surface area contributed by atoms with Crippen LogP contribution >= 0.6 is 0 Å². The summed E-state index contributed by atoms with van der Waals surface area (Å²) < 4.78 is 46.1. The summed E-state index contributed by atoms with van der Waals surface area (Å²) in [5.74, 6) is -2.72. The van der Waals surface area contributed by atoms with Crippen molar-refractivity contribution in [2.24, 2.45) is 0 Å². The minimum atomic E-state index is -5.19. The summed E-state index contributed by atoms with van der Waals surface area (Å²) in [5.41, 5.74) is 1.93. The number of anilines is 1. The second-order valence-electron chi connectivity index (χ2n) is 9.43. The van der Waals surface area contributed by atoms with Gasteiger partial charge in [-0.05, 0) is 50.2 Å². The molecule has 38 heavy (non-hydrogen) atoms. The zero-order valence-corrected chi connectivity index (χ0v) is 22.0. The van der Waals surface area contributed by atoms with Crippen LogP contribution in [0.2, 0.25) is 0 Å². The number of halogens is 3. The van der Waals surface area contributed by atoms with Crippen LogP contribution in [0.25, 0.3) is 0 Å². The monoisotopic (exact) mass is 534 g/mol. The van der Waals surface area contributed by atoms with Gasteiger partial charge in [-0.1, -0.05) is 42.5 Å². The molecule has 0 aromatic heterocycles. The molecule has 11 heteroatoms. The topological polar surface area (TPSA) is 73.4 Å². The lowest BCUT2D eigenvalue weighted by Gasteiger charge is -2.37. The lowest BCUT2D eigenvalue weighted by Crippen LogP contribution is -2.49. The van der Waals surface area contributed by atoms with Crippen molar-refractivity contribution in [2.75, 3.05) is 52.3 Å². The largest absolute Gasteiger partial charge is 0.471 e. The minimum Gasteiger partial charge on any atom is -0.453 e. The van der Waals surface area contributed by atoms with E-state index < -0.39 is 36.7 Å². The summed E-state index contributed by atoms with van der Waals surface area (Å²) in [6.45, 7) is 2.12. The molecule has 1 atom stereocenters. The molecule has 0 radical (unpaired) electrons. The zero-order chi connectivity index (χ0) is 28.0. The Kier molecular flexibility index (Phi) is 9.37. The molecule has 0 N–H and O–H groups in total. The van der Waals surface area contributed by atoms with Crippen LogP contribution in [0.5, 0.6) is 0 Å². The van der Waals surface area contributed by atoms with Gasteiger partial charge in [0, 0.05) is 31.9 Å². The van der Waals surface area contributed by atoms with Gasteiger partial charge in [0.2, 0.25) is 5.91 Å². The highest BCUT2D eigenvalue weighted by atomic mass is 19.4. The predicted octanol–water partition coefficient (Wildman–Crippen LogP) is 3.86. The van der Waals surface area contributed by atoms with E-state index in [-0.39, 0.29) is 31.7 Å². The van der Waals surface area contributed by atoms with E-state index >= 15 is 0 Å². The Morgan fingerprint density at radius 3 is 2.32 bits per heavy atom. The van der Waals surface area contributed by atoms with Crippen LogP contribution in [0.1, 0.15) is 29.7 Å². The van der Waals surface area contributed by atoms with E-state index in [0.29, 0.717) is 22.6 Å². The zero-order valence-electron chi connectivity index (χ0n) is 22.0. The summed E-state index contributed by atoms with van der Waals surface area (Å²) in [4.78, 5) is 43.6. The molecule has 2 aromatic carbocycles. The fourth-order valence-corrected chi connectivity index (χ4v) is 4.54. The van der Waals surface area contributed by atoms with Crippen LogP contribution in [0.15, 0.2) is 48.5 Å². The van der Waals surface area contributed by atoms with E-state index in [2.05, 4.69) is 0 Å². The number of alkyl halides is 3. The number of ether oxygens (including phenoxy) is 1. The van der Waals surface area contributed by atoms with Crippen LogP contribution in [-0.4, -0.2) is 86.2 Å². The second-order valence-corrected chi connectivity index (χ2v) is 9.43.